The Kier molecular flexibility index (Phi) is 33.8. The van der Waals surface area contributed by atoms with E-state index in [-0.39, 0.29) is 24.9 Å². The molecule has 9 nitrogen and oxygen atoms in total. The number of hydrogen-bond donors (Lipinski definition) is 1. The highest BCUT2D eigenvalue weighted by Crippen LogP contribution is 2.11. The molecule has 0 fully saturated rings. The predicted octanol–water partition coefficient (Wildman–Crippen LogP) is 5.59. The fraction of sp³-hybridized carbons (Fsp3) is 1.00. The highest BCUT2D eigenvalue weighted by molar-refractivity contribution is 4.56. The third-order valence-corrected chi connectivity index (χ3v) is 6.46. The van der Waals surface area contributed by atoms with Crippen molar-refractivity contribution in [2.24, 2.45) is 0 Å². The molecule has 248 valence electrons. The first-order chi connectivity index (χ1) is 20.1. The smallest absolute Gasteiger partial charge is 0.0781 e. The highest BCUT2D eigenvalue weighted by Gasteiger charge is 2.10. The van der Waals surface area contributed by atoms with Crippen molar-refractivity contribution < 1.29 is 43.0 Å². The number of unbranched alkanes of at least 4 members (excludes halogenated alkanes) is 10. The van der Waals surface area contributed by atoms with Crippen molar-refractivity contribution >= 4 is 0 Å². The second-order valence-electron chi connectivity index (χ2n) is 10.8. The maximum atomic E-state index is 8.60. The van der Waals surface area contributed by atoms with E-state index >= 15 is 0 Å². The molecular weight excluding hydrogens is 528 g/mol. The maximum Gasteiger partial charge on any atom is 0.0781 e. The van der Waals surface area contributed by atoms with Gasteiger partial charge in [-0.2, -0.15) is 0 Å². The molecule has 9 heteroatoms. The SMILES string of the molecule is CCCCCCCCCCCCCOCC(C)OCC(C)OCC(C)OCCOCCOCCOCCOCCO. The first kappa shape index (κ1) is 40.6. The van der Waals surface area contributed by atoms with Gasteiger partial charge in [-0.3, -0.25) is 0 Å². The zero-order valence-electron chi connectivity index (χ0n) is 27.1. The van der Waals surface area contributed by atoms with Gasteiger partial charge in [0.05, 0.1) is 104 Å². The lowest BCUT2D eigenvalue weighted by Gasteiger charge is -2.20. The zero-order valence-corrected chi connectivity index (χ0v) is 27.1. The quantitative estimate of drug-likeness (QED) is 0.0943. The van der Waals surface area contributed by atoms with E-state index in [1.807, 2.05) is 13.8 Å². The van der Waals surface area contributed by atoms with Crippen molar-refractivity contribution in [1.29, 1.82) is 0 Å². The van der Waals surface area contributed by atoms with E-state index in [1.165, 1.54) is 64.2 Å². The predicted molar refractivity (Wildman–Crippen MR) is 164 cm³/mol. The molecule has 0 aromatic heterocycles. The topological polar surface area (TPSA) is 94.1 Å². The molecule has 0 aromatic carbocycles. The summed E-state index contributed by atoms with van der Waals surface area (Å²) in [7, 11) is 0. The van der Waals surface area contributed by atoms with Gasteiger partial charge in [0.15, 0.2) is 0 Å². The second-order valence-corrected chi connectivity index (χ2v) is 10.8. The molecular formula is C32H66O9. The molecule has 0 rings (SSSR count). The molecule has 0 amide bonds. The Bertz CT molecular complexity index is 484. The van der Waals surface area contributed by atoms with E-state index in [9.17, 15) is 0 Å². The fourth-order valence-corrected chi connectivity index (χ4v) is 4.00. The molecule has 0 saturated carbocycles. The molecule has 0 bridgehead atoms. The van der Waals surface area contributed by atoms with Crippen LogP contribution in [-0.2, 0) is 37.9 Å². The van der Waals surface area contributed by atoms with Crippen molar-refractivity contribution in [3.63, 3.8) is 0 Å². The summed E-state index contributed by atoms with van der Waals surface area (Å²) >= 11 is 0. The number of aliphatic hydroxyl groups excluding tert-OH is 1. The minimum Gasteiger partial charge on any atom is -0.394 e. The molecule has 0 aliphatic heterocycles. The Morgan fingerprint density at radius 2 is 0.780 bits per heavy atom. The van der Waals surface area contributed by atoms with Gasteiger partial charge in [-0.1, -0.05) is 71.1 Å². The molecule has 0 aromatic rings. The van der Waals surface area contributed by atoms with E-state index in [4.69, 9.17) is 43.0 Å². The van der Waals surface area contributed by atoms with Gasteiger partial charge in [-0.05, 0) is 27.2 Å². The van der Waals surface area contributed by atoms with Crippen LogP contribution in [0.1, 0.15) is 98.3 Å². The molecule has 0 heterocycles. The van der Waals surface area contributed by atoms with E-state index in [1.54, 1.807) is 0 Å². The largest absolute Gasteiger partial charge is 0.394 e. The van der Waals surface area contributed by atoms with Crippen LogP contribution in [0.5, 0.6) is 0 Å². The van der Waals surface area contributed by atoms with Crippen molar-refractivity contribution in [2.75, 3.05) is 92.5 Å². The van der Waals surface area contributed by atoms with Crippen LogP contribution in [-0.4, -0.2) is 116 Å². The minimum absolute atomic E-state index is 0.000546. The Morgan fingerprint density at radius 3 is 1.27 bits per heavy atom. The van der Waals surface area contributed by atoms with Gasteiger partial charge in [0.2, 0.25) is 0 Å². The van der Waals surface area contributed by atoms with Crippen LogP contribution in [0.3, 0.4) is 0 Å². The summed E-state index contributed by atoms with van der Waals surface area (Å²) in [5, 5.41) is 8.60. The van der Waals surface area contributed by atoms with Gasteiger partial charge in [0, 0.05) is 6.61 Å². The van der Waals surface area contributed by atoms with Crippen LogP contribution >= 0.6 is 0 Å². The molecule has 0 radical (unpaired) electrons. The van der Waals surface area contributed by atoms with Crippen LogP contribution in [0.4, 0.5) is 0 Å². The van der Waals surface area contributed by atoms with Crippen molar-refractivity contribution in [3.8, 4) is 0 Å². The van der Waals surface area contributed by atoms with Gasteiger partial charge in [0.25, 0.3) is 0 Å². The van der Waals surface area contributed by atoms with Crippen LogP contribution in [0, 0.1) is 0 Å². The molecule has 0 spiro atoms. The van der Waals surface area contributed by atoms with Crippen molar-refractivity contribution in [2.45, 2.75) is 117 Å². The normalized spacial score (nSPS) is 14.0. The Morgan fingerprint density at radius 1 is 0.390 bits per heavy atom. The van der Waals surface area contributed by atoms with Gasteiger partial charge < -0.3 is 43.0 Å². The molecule has 0 aliphatic carbocycles. The first-order valence-electron chi connectivity index (χ1n) is 16.4. The Hall–Kier alpha value is -0.360. The average Bonchev–Trinajstić information content (AvgIpc) is 2.97. The van der Waals surface area contributed by atoms with Crippen LogP contribution in [0.2, 0.25) is 0 Å². The van der Waals surface area contributed by atoms with Gasteiger partial charge in [-0.25, -0.2) is 0 Å². The van der Waals surface area contributed by atoms with E-state index < -0.39 is 0 Å². The molecule has 1 N–H and O–H groups in total. The van der Waals surface area contributed by atoms with Crippen LogP contribution in [0.15, 0.2) is 0 Å². The molecule has 41 heavy (non-hydrogen) atoms. The monoisotopic (exact) mass is 594 g/mol. The lowest BCUT2D eigenvalue weighted by molar-refractivity contribution is -0.0854. The molecule has 3 unspecified atom stereocenters. The number of aliphatic hydroxyl groups is 1. The second kappa shape index (κ2) is 34.1. The minimum atomic E-state index is -0.0117. The van der Waals surface area contributed by atoms with E-state index in [0.29, 0.717) is 79.3 Å². The summed E-state index contributed by atoms with van der Waals surface area (Å²) in [5.74, 6) is 0. The average molecular weight is 595 g/mol. The molecule has 3 atom stereocenters. The van der Waals surface area contributed by atoms with Crippen molar-refractivity contribution in [1.82, 2.24) is 0 Å². The lowest BCUT2D eigenvalue weighted by Crippen LogP contribution is -2.27. The summed E-state index contributed by atoms with van der Waals surface area (Å²) in [5.41, 5.74) is 0. The summed E-state index contributed by atoms with van der Waals surface area (Å²) in [6.45, 7) is 15.3. The Labute approximate surface area is 252 Å². The summed E-state index contributed by atoms with van der Waals surface area (Å²) in [6, 6.07) is 0. The van der Waals surface area contributed by atoms with Crippen LogP contribution < -0.4 is 0 Å². The summed E-state index contributed by atoms with van der Waals surface area (Å²) < 4.78 is 44.7. The fourth-order valence-electron chi connectivity index (χ4n) is 4.00. The van der Waals surface area contributed by atoms with Crippen molar-refractivity contribution in [3.05, 3.63) is 0 Å². The highest BCUT2D eigenvalue weighted by atomic mass is 16.6. The number of ether oxygens (including phenoxy) is 8. The molecule has 0 aliphatic rings. The lowest BCUT2D eigenvalue weighted by atomic mass is 10.1. The van der Waals surface area contributed by atoms with Gasteiger partial charge in [-0.15, -0.1) is 0 Å². The third-order valence-electron chi connectivity index (χ3n) is 6.46. The number of rotatable bonds is 35. The summed E-state index contributed by atoms with van der Waals surface area (Å²) in [4.78, 5) is 0. The molecule has 0 saturated heterocycles. The Balaban J connectivity index is 3.38. The first-order valence-corrected chi connectivity index (χ1v) is 16.4. The zero-order chi connectivity index (χ0) is 30.1. The third kappa shape index (κ3) is 34.0. The van der Waals surface area contributed by atoms with E-state index in [0.717, 1.165) is 13.0 Å². The van der Waals surface area contributed by atoms with Gasteiger partial charge in [0.1, 0.15) is 0 Å². The van der Waals surface area contributed by atoms with E-state index in [2.05, 4.69) is 13.8 Å². The van der Waals surface area contributed by atoms with Crippen LogP contribution in [0.25, 0.3) is 0 Å². The number of hydrogen-bond acceptors (Lipinski definition) is 9. The summed E-state index contributed by atoms with van der Waals surface area (Å²) in [6.07, 6.45) is 14.9. The standard InChI is InChI=1S/C32H66O9/c1-5-6-7-8-9-10-11-12-13-14-15-17-38-27-30(2)40-29-32(4)41-28-31(3)39-26-25-37-24-23-36-22-21-35-20-19-34-18-16-33/h30-33H,5-29H2,1-4H3. The maximum absolute atomic E-state index is 8.60. The van der Waals surface area contributed by atoms with Gasteiger partial charge >= 0.3 is 0 Å².